The van der Waals surface area contributed by atoms with Crippen LogP contribution < -0.4 is 5.32 Å². The Bertz CT molecular complexity index is 671. The first-order valence-electron chi connectivity index (χ1n) is 7.83. The monoisotopic (exact) mass is 332 g/mol. The molecule has 0 unspecified atom stereocenters. The highest BCUT2D eigenvalue weighted by Crippen LogP contribution is 2.19. The number of benzene rings is 1. The molecule has 7 nitrogen and oxygen atoms in total. The van der Waals surface area contributed by atoms with E-state index in [1.165, 1.54) is 6.92 Å². The Balaban J connectivity index is 1.92. The molecule has 0 spiro atoms. The van der Waals surface area contributed by atoms with Crippen molar-refractivity contribution in [3.63, 3.8) is 0 Å². The summed E-state index contributed by atoms with van der Waals surface area (Å²) in [7, 11) is 0. The van der Waals surface area contributed by atoms with Crippen LogP contribution in [0.5, 0.6) is 0 Å². The van der Waals surface area contributed by atoms with E-state index in [-0.39, 0.29) is 31.2 Å². The molecule has 1 N–H and O–H groups in total. The molecule has 0 aromatic heterocycles. The van der Waals surface area contributed by atoms with Gasteiger partial charge in [0.15, 0.2) is 6.10 Å². The van der Waals surface area contributed by atoms with Gasteiger partial charge in [0, 0.05) is 18.7 Å². The minimum Gasteiger partial charge on any atom is -0.452 e. The third-order valence-electron chi connectivity index (χ3n) is 3.70. The number of carbonyl (C=O) groups is 4. The topological polar surface area (TPSA) is 92.8 Å². The highest BCUT2D eigenvalue weighted by Gasteiger charge is 2.31. The Hall–Kier alpha value is -2.70. The Morgan fingerprint density at radius 2 is 2.00 bits per heavy atom. The number of rotatable bonds is 6. The van der Waals surface area contributed by atoms with Gasteiger partial charge in [0.25, 0.3) is 11.8 Å². The van der Waals surface area contributed by atoms with Crippen LogP contribution >= 0.6 is 0 Å². The Labute approximate surface area is 140 Å². The molecule has 24 heavy (non-hydrogen) atoms. The minimum absolute atomic E-state index is 0.0625. The maximum atomic E-state index is 12.3. The molecular formula is C17H20N2O5. The van der Waals surface area contributed by atoms with Gasteiger partial charge < -0.3 is 10.1 Å². The zero-order chi connectivity index (χ0) is 17.7. The van der Waals surface area contributed by atoms with Gasteiger partial charge in [-0.1, -0.05) is 18.2 Å². The summed E-state index contributed by atoms with van der Waals surface area (Å²) in [5.74, 6) is -1.77. The van der Waals surface area contributed by atoms with Crippen LogP contribution in [0.15, 0.2) is 24.3 Å². The number of imide groups is 1. The van der Waals surface area contributed by atoms with Crippen molar-refractivity contribution in [3.8, 4) is 0 Å². The van der Waals surface area contributed by atoms with E-state index in [1.807, 2.05) is 0 Å². The highest BCUT2D eigenvalue weighted by atomic mass is 16.5. The molecule has 0 aliphatic carbocycles. The predicted octanol–water partition coefficient (Wildman–Crippen LogP) is 0.669. The molecular weight excluding hydrogens is 312 g/mol. The van der Waals surface area contributed by atoms with Crippen molar-refractivity contribution in [2.45, 2.75) is 32.8 Å². The average molecular weight is 332 g/mol. The van der Waals surface area contributed by atoms with E-state index in [0.717, 1.165) is 4.90 Å². The second-order valence-corrected chi connectivity index (χ2v) is 5.46. The van der Waals surface area contributed by atoms with E-state index < -0.39 is 18.0 Å². The number of fused-ring (bicyclic) bond motifs is 1. The second-order valence-electron chi connectivity index (χ2n) is 5.46. The van der Waals surface area contributed by atoms with Gasteiger partial charge in [0.1, 0.15) is 0 Å². The van der Waals surface area contributed by atoms with Crippen molar-refractivity contribution in [1.29, 1.82) is 0 Å². The van der Waals surface area contributed by atoms with Gasteiger partial charge in [0.2, 0.25) is 5.91 Å². The van der Waals surface area contributed by atoms with E-state index in [0.29, 0.717) is 17.7 Å². The van der Waals surface area contributed by atoms with Crippen molar-refractivity contribution >= 4 is 23.7 Å². The molecule has 0 radical (unpaired) electrons. The normalized spacial score (nSPS) is 14.8. The smallest absolute Gasteiger partial charge is 0.308 e. The number of ether oxygens (including phenoxy) is 1. The Morgan fingerprint density at radius 3 is 2.71 bits per heavy atom. The van der Waals surface area contributed by atoms with Crippen LogP contribution in [0.2, 0.25) is 0 Å². The largest absolute Gasteiger partial charge is 0.452 e. The lowest BCUT2D eigenvalue weighted by Crippen LogP contribution is -2.43. The number of nitrogens with zero attached hydrogens (tertiary/aromatic N) is 1. The van der Waals surface area contributed by atoms with E-state index in [4.69, 9.17) is 4.74 Å². The molecule has 1 aliphatic heterocycles. The van der Waals surface area contributed by atoms with Crippen molar-refractivity contribution in [2.75, 3.05) is 13.1 Å². The van der Waals surface area contributed by atoms with Crippen LogP contribution in [0.25, 0.3) is 0 Å². The molecule has 128 valence electrons. The molecule has 1 aliphatic rings. The number of hydrogen-bond donors (Lipinski definition) is 1. The summed E-state index contributed by atoms with van der Waals surface area (Å²) >= 11 is 0. The van der Waals surface area contributed by atoms with Gasteiger partial charge >= 0.3 is 5.97 Å². The van der Waals surface area contributed by atoms with Crippen LogP contribution in [0.4, 0.5) is 0 Å². The van der Waals surface area contributed by atoms with Crippen LogP contribution in [0.1, 0.15) is 36.2 Å². The summed E-state index contributed by atoms with van der Waals surface area (Å²) in [6.07, 6.45) is -0.929. The average Bonchev–Trinajstić information content (AvgIpc) is 2.54. The third kappa shape index (κ3) is 3.98. The predicted molar refractivity (Wildman–Crippen MR) is 85.0 cm³/mol. The fourth-order valence-electron chi connectivity index (χ4n) is 2.46. The molecule has 0 saturated carbocycles. The van der Waals surface area contributed by atoms with Crippen molar-refractivity contribution in [1.82, 2.24) is 10.2 Å². The molecule has 1 heterocycles. The summed E-state index contributed by atoms with van der Waals surface area (Å²) in [6.45, 7) is 3.61. The maximum Gasteiger partial charge on any atom is 0.308 e. The molecule has 7 heteroatoms. The van der Waals surface area contributed by atoms with Gasteiger partial charge in [-0.15, -0.1) is 0 Å². The molecule has 2 rings (SSSR count). The van der Waals surface area contributed by atoms with Gasteiger partial charge in [-0.2, -0.15) is 0 Å². The summed E-state index contributed by atoms with van der Waals surface area (Å²) in [4.78, 5) is 48.8. The first-order valence-corrected chi connectivity index (χ1v) is 7.83. The number of carbonyl (C=O) groups excluding carboxylic acids is 4. The molecule has 0 bridgehead atoms. The SMILES string of the molecule is CCNC(=O)[C@H](C)OC(=O)CCN1C(=O)Cc2ccccc2C1=O. The molecule has 3 amide bonds. The van der Waals surface area contributed by atoms with Crippen molar-refractivity contribution in [2.24, 2.45) is 0 Å². The number of esters is 1. The molecule has 0 fully saturated rings. The summed E-state index contributed by atoms with van der Waals surface area (Å²) in [5, 5.41) is 2.55. The standard InChI is InChI=1S/C17H20N2O5/c1-3-18-16(22)11(2)24-15(21)8-9-19-14(20)10-12-6-4-5-7-13(12)17(19)23/h4-7,11H,3,8-10H2,1-2H3,(H,18,22)/t11-/m0/s1. The number of hydrogen-bond acceptors (Lipinski definition) is 5. The van der Waals surface area contributed by atoms with Crippen molar-refractivity contribution < 1.29 is 23.9 Å². The molecule has 1 aromatic rings. The molecule has 1 atom stereocenters. The number of nitrogens with one attached hydrogen (secondary N) is 1. The first-order chi connectivity index (χ1) is 11.4. The maximum absolute atomic E-state index is 12.3. The molecule has 0 saturated heterocycles. The lowest BCUT2D eigenvalue weighted by molar-refractivity contribution is -0.155. The van der Waals surface area contributed by atoms with Crippen LogP contribution in [0.3, 0.4) is 0 Å². The van der Waals surface area contributed by atoms with E-state index in [9.17, 15) is 19.2 Å². The summed E-state index contributed by atoms with van der Waals surface area (Å²) < 4.78 is 5.00. The van der Waals surface area contributed by atoms with Crippen molar-refractivity contribution in [3.05, 3.63) is 35.4 Å². The van der Waals surface area contributed by atoms with E-state index in [1.54, 1.807) is 31.2 Å². The quantitative estimate of drug-likeness (QED) is 0.610. The zero-order valence-corrected chi connectivity index (χ0v) is 13.7. The number of likely N-dealkylation sites (N-methyl/N-ethyl adjacent to an activating group) is 1. The van der Waals surface area contributed by atoms with Gasteiger partial charge in [-0.05, 0) is 25.5 Å². The van der Waals surface area contributed by atoms with Gasteiger partial charge in [-0.25, -0.2) is 0 Å². The second kappa shape index (κ2) is 7.72. The van der Waals surface area contributed by atoms with Crippen LogP contribution in [-0.4, -0.2) is 47.8 Å². The van der Waals surface area contributed by atoms with E-state index in [2.05, 4.69) is 5.32 Å². The Kier molecular flexibility index (Phi) is 5.68. The number of amides is 3. The molecule has 1 aromatic carbocycles. The minimum atomic E-state index is -0.911. The van der Waals surface area contributed by atoms with Crippen LogP contribution in [-0.2, 0) is 25.5 Å². The zero-order valence-electron chi connectivity index (χ0n) is 13.7. The lowest BCUT2D eigenvalue weighted by atomic mass is 9.98. The summed E-state index contributed by atoms with van der Waals surface area (Å²) in [5.41, 5.74) is 1.16. The first kappa shape index (κ1) is 17.7. The Morgan fingerprint density at radius 1 is 1.29 bits per heavy atom. The van der Waals surface area contributed by atoms with Gasteiger partial charge in [0.05, 0.1) is 12.8 Å². The fourth-order valence-corrected chi connectivity index (χ4v) is 2.46. The van der Waals surface area contributed by atoms with Crippen LogP contribution in [0, 0.1) is 0 Å². The highest BCUT2D eigenvalue weighted by molar-refractivity contribution is 6.09. The lowest BCUT2D eigenvalue weighted by Gasteiger charge is -2.26. The third-order valence-corrected chi connectivity index (χ3v) is 3.70. The fraction of sp³-hybridized carbons (Fsp3) is 0.412. The van der Waals surface area contributed by atoms with E-state index >= 15 is 0 Å². The summed E-state index contributed by atoms with van der Waals surface area (Å²) in [6, 6.07) is 6.90. The van der Waals surface area contributed by atoms with Gasteiger partial charge in [-0.3, -0.25) is 24.1 Å².